The lowest BCUT2D eigenvalue weighted by atomic mass is 10.1. The second-order valence-corrected chi connectivity index (χ2v) is 5.93. The van der Waals surface area contributed by atoms with E-state index in [0.717, 1.165) is 36.4 Å². The third-order valence-electron chi connectivity index (χ3n) is 4.24. The van der Waals surface area contributed by atoms with E-state index in [1.165, 1.54) is 18.5 Å². The molecule has 22 heavy (non-hydrogen) atoms. The molecule has 0 spiro atoms. The van der Waals surface area contributed by atoms with Gasteiger partial charge in [0.2, 0.25) is 0 Å². The number of imidazole rings is 1. The number of aromatic nitrogens is 4. The number of aromatic amines is 2. The van der Waals surface area contributed by atoms with Crippen LogP contribution in [0.1, 0.15) is 18.7 Å². The molecule has 1 aliphatic heterocycles. The average Bonchev–Trinajstić information content (AvgIpc) is 3.18. The van der Waals surface area contributed by atoms with Crippen LogP contribution < -0.4 is 5.32 Å². The summed E-state index contributed by atoms with van der Waals surface area (Å²) in [5, 5.41) is 11.9. The Hall–Kier alpha value is -2.34. The van der Waals surface area contributed by atoms with Crippen LogP contribution in [0.4, 0.5) is 5.69 Å². The summed E-state index contributed by atoms with van der Waals surface area (Å²) in [6, 6.07) is 6.83. The van der Waals surface area contributed by atoms with Crippen molar-refractivity contribution in [3.63, 3.8) is 0 Å². The lowest BCUT2D eigenvalue weighted by Gasteiger charge is -2.33. The van der Waals surface area contributed by atoms with Crippen molar-refractivity contribution in [2.75, 3.05) is 18.4 Å². The molecule has 1 saturated heterocycles. The molecule has 0 aliphatic carbocycles. The summed E-state index contributed by atoms with van der Waals surface area (Å²) in [5.74, 6) is 1.04. The Morgan fingerprint density at radius 3 is 3.27 bits per heavy atom. The van der Waals surface area contributed by atoms with Crippen molar-refractivity contribution in [1.29, 1.82) is 0 Å². The smallest absolute Gasteiger partial charge is 0.120 e. The van der Waals surface area contributed by atoms with Crippen LogP contribution in [0.5, 0.6) is 0 Å². The van der Waals surface area contributed by atoms with Gasteiger partial charge in [-0.1, -0.05) is 0 Å². The Bertz CT molecular complexity index is 732. The highest BCUT2D eigenvalue weighted by Gasteiger charge is 2.20. The first kappa shape index (κ1) is 13.3. The molecular weight excluding hydrogens is 276 g/mol. The fourth-order valence-electron chi connectivity index (χ4n) is 3.18. The van der Waals surface area contributed by atoms with Gasteiger partial charge in [-0.2, -0.15) is 5.10 Å². The topological polar surface area (TPSA) is 72.6 Å². The van der Waals surface area contributed by atoms with Gasteiger partial charge in [0.1, 0.15) is 5.82 Å². The molecule has 4 rings (SSSR count). The van der Waals surface area contributed by atoms with Gasteiger partial charge in [0.05, 0.1) is 18.3 Å². The molecule has 114 valence electrons. The molecule has 0 unspecified atom stereocenters. The van der Waals surface area contributed by atoms with Crippen molar-refractivity contribution < 1.29 is 0 Å². The summed E-state index contributed by atoms with van der Waals surface area (Å²) in [7, 11) is 0. The van der Waals surface area contributed by atoms with Crippen LogP contribution in [0.2, 0.25) is 0 Å². The maximum Gasteiger partial charge on any atom is 0.120 e. The van der Waals surface area contributed by atoms with Crippen molar-refractivity contribution in [2.24, 2.45) is 0 Å². The number of rotatable bonds is 4. The van der Waals surface area contributed by atoms with Gasteiger partial charge in [-0.25, -0.2) is 4.98 Å². The second kappa shape index (κ2) is 5.81. The number of hydrogen-bond acceptors (Lipinski definition) is 4. The van der Waals surface area contributed by atoms with Crippen molar-refractivity contribution in [2.45, 2.75) is 25.4 Å². The van der Waals surface area contributed by atoms with Crippen LogP contribution in [-0.4, -0.2) is 44.2 Å². The monoisotopic (exact) mass is 296 g/mol. The van der Waals surface area contributed by atoms with E-state index in [0.29, 0.717) is 6.04 Å². The summed E-state index contributed by atoms with van der Waals surface area (Å²) in [6.07, 6.45) is 7.99. The summed E-state index contributed by atoms with van der Waals surface area (Å²) in [4.78, 5) is 9.96. The van der Waals surface area contributed by atoms with Crippen molar-refractivity contribution in [3.05, 3.63) is 42.6 Å². The number of H-pyrrole nitrogens is 2. The summed E-state index contributed by atoms with van der Waals surface area (Å²) >= 11 is 0. The molecule has 3 heterocycles. The van der Waals surface area contributed by atoms with Crippen molar-refractivity contribution in [3.8, 4) is 0 Å². The van der Waals surface area contributed by atoms with Gasteiger partial charge in [-0.3, -0.25) is 10.00 Å². The molecule has 2 aromatic heterocycles. The average molecular weight is 296 g/mol. The minimum Gasteiger partial charge on any atom is -0.381 e. The number of hydrogen-bond donors (Lipinski definition) is 3. The SMILES string of the molecule is c1c[nH]c(CN2CCC[C@H](Nc3ccc4[nH]ncc4c3)C2)n1. The van der Waals surface area contributed by atoms with E-state index < -0.39 is 0 Å². The maximum absolute atomic E-state index is 4.32. The number of likely N-dealkylation sites (tertiary alicyclic amines) is 1. The van der Waals surface area contributed by atoms with Crippen LogP contribution >= 0.6 is 0 Å². The Balaban J connectivity index is 1.41. The predicted octanol–water partition coefficient (Wildman–Crippen LogP) is 2.36. The predicted molar refractivity (Wildman–Crippen MR) is 86.6 cm³/mol. The van der Waals surface area contributed by atoms with E-state index in [1.807, 2.05) is 18.6 Å². The molecule has 1 atom stereocenters. The molecule has 1 aromatic carbocycles. The summed E-state index contributed by atoms with van der Waals surface area (Å²) in [6.45, 7) is 3.08. The van der Waals surface area contributed by atoms with Gasteiger partial charge in [0, 0.05) is 36.1 Å². The number of piperidine rings is 1. The van der Waals surface area contributed by atoms with E-state index in [-0.39, 0.29) is 0 Å². The third-order valence-corrected chi connectivity index (χ3v) is 4.24. The molecular formula is C16H20N6. The van der Waals surface area contributed by atoms with E-state index in [9.17, 15) is 0 Å². The molecule has 6 heteroatoms. The summed E-state index contributed by atoms with van der Waals surface area (Å²) in [5.41, 5.74) is 2.24. The Kier molecular flexibility index (Phi) is 3.52. The molecule has 0 saturated carbocycles. The van der Waals surface area contributed by atoms with Gasteiger partial charge in [0.15, 0.2) is 0 Å². The highest BCUT2D eigenvalue weighted by atomic mass is 15.2. The first-order chi connectivity index (χ1) is 10.9. The molecule has 0 amide bonds. The molecule has 3 N–H and O–H groups in total. The zero-order chi connectivity index (χ0) is 14.8. The van der Waals surface area contributed by atoms with Crippen molar-refractivity contribution in [1.82, 2.24) is 25.1 Å². The largest absolute Gasteiger partial charge is 0.381 e. The minimum atomic E-state index is 0.480. The highest BCUT2D eigenvalue weighted by molar-refractivity contribution is 5.81. The molecule has 1 aliphatic rings. The number of fused-ring (bicyclic) bond motifs is 1. The van der Waals surface area contributed by atoms with Gasteiger partial charge >= 0.3 is 0 Å². The van der Waals surface area contributed by atoms with Gasteiger partial charge < -0.3 is 10.3 Å². The Morgan fingerprint density at radius 2 is 2.36 bits per heavy atom. The number of benzene rings is 1. The second-order valence-electron chi connectivity index (χ2n) is 5.93. The molecule has 0 bridgehead atoms. The first-order valence-corrected chi connectivity index (χ1v) is 7.77. The standard InChI is InChI=1S/C16H20N6/c1-2-14(10-22(7-1)11-16-17-5-6-18-16)20-13-3-4-15-12(8-13)9-19-21-15/h3-6,8-9,14,20H,1-2,7,10-11H2,(H,17,18)(H,19,21)/t14-/m0/s1. The van der Waals surface area contributed by atoms with Gasteiger partial charge in [-0.05, 0) is 37.6 Å². The molecule has 3 aromatic rings. The van der Waals surface area contributed by atoms with E-state index in [4.69, 9.17) is 0 Å². The lowest BCUT2D eigenvalue weighted by Crippen LogP contribution is -2.41. The van der Waals surface area contributed by atoms with Crippen molar-refractivity contribution >= 4 is 16.6 Å². The fraction of sp³-hybridized carbons (Fsp3) is 0.375. The van der Waals surface area contributed by atoms with Gasteiger partial charge in [-0.15, -0.1) is 0 Å². The molecule has 0 radical (unpaired) electrons. The van der Waals surface area contributed by atoms with Crippen LogP contribution in [0, 0.1) is 0 Å². The number of nitrogens with one attached hydrogen (secondary N) is 3. The third kappa shape index (κ3) is 2.82. The molecule has 1 fully saturated rings. The fourth-order valence-corrected chi connectivity index (χ4v) is 3.18. The number of nitrogens with zero attached hydrogens (tertiary/aromatic N) is 3. The van der Waals surface area contributed by atoms with Crippen LogP contribution in [-0.2, 0) is 6.54 Å². The Morgan fingerprint density at radius 1 is 1.36 bits per heavy atom. The van der Waals surface area contributed by atoms with E-state index in [1.54, 1.807) is 0 Å². The summed E-state index contributed by atoms with van der Waals surface area (Å²) < 4.78 is 0. The van der Waals surface area contributed by atoms with E-state index in [2.05, 4.69) is 48.6 Å². The minimum absolute atomic E-state index is 0.480. The first-order valence-electron chi connectivity index (χ1n) is 7.77. The lowest BCUT2D eigenvalue weighted by molar-refractivity contribution is 0.204. The number of anilines is 1. The quantitative estimate of drug-likeness (QED) is 0.691. The zero-order valence-electron chi connectivity index (χ0n) is 12.4. The van der Waals surface area contributed by atoms with Crippen LogP contribution in [0.15, 0.2) is 36.8 Å². The van der Waals surface area contributed by atoms with Gasteiger partial charge in [0.25, 0.3) is 0 Å². The van der Waals surface area contributed by atoms with Crippen LogP contribution in [0.3, 0.4) is 0 Å². The van der Waals surface area contributed by atoms with Crippen LogP contribution in [0.25, 0.3) is 10.9 Å². The van der Waals surface area contributed by atoms with E-state index >= 15 is 0 Å². The zero-order valence-corrected chi connectivity index (χ0v) is 12.4. The highest BCUT2D eigenvalue weighted by Crippen LogP contribution is 2.20. The maximum atomic E-state index is 4.32. The Labute approximate surface area is 128 Å². The molecule has 6 nitrogen and oxygen atoms in total. The normalized spacial score (nSPS) is 19.5.